The second kappa shape index (κ2) is 4.28. The number of rotatable bonds is 4. The highest BCUT2D eigenvalue weighted by molar-refractivity contribution is 5.02. The maximum Gasteiger partial charge on any atom is 0.133 e. The van der Waals surface area contributed by atoms with Crippen molar-refractivity contribution in [3.63, 3.8) is 0 Å². The molecule has 0 amide bonds. The van der Waals surface area contributed by atoms with E-state index in [1.165, 1.54) is 0 Å². The SMILES string of the molecule is CC(C)OC(CN)c1ccco1. The summed E-state index contributed by atoms with van der Waals surface area (Å²) in [4.78, 5) is 0. The summed E-state index contributed by atoms with van der Waals surface area (Å²) >= 11 is 0. The Morgan fingerprint density at radius 3 is 2.75 bits per heavy atom. The van der Waals surface area contributed by atoms with Crippen LogP contribution in [0.5, 0.6) is 0 Å². The van der Waals surface area contributed by atoms with Crippen molar-refractivity contribution in [3.8, 4) is 0 Å². The highest BCUT2D eigenvalue weighted by Crippen LogP contribution is 2.17. The number of ether oxygens (including phenoxy) is 1. The molecule has 0 aliphatic rings. The molecule has 0 aliphatic carbocycles. The largest absolute Gasteiger partial charge is 0.467 e. The Morgan fingerprint density at radius 1 is 1.58 bits per heavy atom. The number of nitrogens with two attached hydrogens (primary N) is 1. The fourth-order valence-corrected chi connectivity index (χ4v) is 1.04. The van der Waals surface area contributed by atoms with E-state index in [-0.39, 0.29) is 12.2 Å². The lowest BCUT2D eigenvalue weighted by atomic mass is 10.2. The van der Waals surface area contributed by atoms with Gasteiger partial charge in [0.2, 0.25) is 0 Å². The van der Waals surface area contributed by atoms with Gasteiger partial charge in [0.05, 0.1) is 12.4 Å². The van der Waals surface area contributed by atoms with Crippen LogP contribution >= 0.6 is 0 Å². The molecular formula is C9H15NO2. The fraction of sp³-hybridized carbons (Fsp3) is 0.556. The molecule has 68 valence electrons. The summed E-state index contributed by atoms with van der Waals surface area (Å²) in [5.74, 6) is 0.797. The lowest BCUT2D eigenvalue weighted by Gasteiger charge is -2.16. The van der Waals surface area contributed by atoms with Crippen molar-refractivity contribution in [2.75, 3.05) is 6.54 Å². The molecular weight excluding hydrogens is 154 g/mol. The molecule has 0 bridgehead atoms. The lowest BCUT2D eigenvalue weighted by Crippen LogP contribution is -2.18. The van der Waals surface area contributed by atoms with Gasteiger partial charge in [-0.1, -0.05) is 0 Å². The topological polar surface area (TPSA) is 48.4 Å². The van der Waals surface area contributed by atoms with Gasteiger partial charge in [-0.15, -0.1) is 0 Å². The molecule has 0 aromatic carbocycles. The van der Waals surface area contributed by atoms with Gasteiger partial charge in [-0.05, 0) is 26.0 Å². The zero-order chi connectivity index (χ0) is 8.97. The highest BCUT2D eigenvalue weighted by Gasteiger charge is 2.13. The summed E-state index contributed by atoms with van der Waals surface area (Å²) < 4.78 is 10.7. The summed E-state index contributed by atoms with van der Waals surface area (Å²) in [5, 5.41) is 0. The van der Waals surface area contributed by atoms with E-state index in [0.29, 0.717) is 6.54 Å². The quantitative estimate of drug-likeness (QED) is 0.746. The Kier molecular flexibility index (Phi) is 3.31. The Labute approximate surface area is 72.5 Å². The maximum absolute atomic E-state index is 5.53. The van der Waals surface area contributed by atoms with Gasteiger partial charge in [-0.3, -0.25) is 0 Å². The molecule has 0 fully saturated rings. The van der Waals surface area contributed by atoms with Crippen LogP contribution in [0.2, 0.25) is 0 Å². The average Bonchev–Trinajstić information content (AvgIpc) is 2.51. The van der Waals surface area contributed by atoms with E-state index in [4.69, 9.17) is 14.9 Å². The van der Waals surface area contributed by atoms with Gasteiger partial charge in [0.15, 0.2) is 0 Å². The molecule has 1 aromatic heterocycles. The third-order valence-corrected chi connectivity index (χ3v) is 1.51. The Hall–Kier alpha value is -0.800. The molecule has 12 heavy (non-hydrogen) atoms. The summed E-state index contributed by atoms with van der Waals surface area (Å²) in [7, 11) is 0. The molecule has 0 saturated heterocycles. The minimum Gasteiger partial charge on any atom is -0.467 e. The zero-order valence-corrected chi connectivity index (χ0v) is 7.49. The first-order valence-electron chi connectivity index (χ1n) is 4.13. The van der Waals surface area contributed by atoms with Gasteiger partial charge in [-0.25, -0.2) is 0 Å². The second-order valence-electron chi connectivity index (χ2n) is 2.92. The fourth-order valence-electron chi connectivity index (χ4n) is 1.04. The van der Waals surface area contributed by atoms with Crippen LogP contribution in [0.3, 0.4) is 0 Å². The van der Waals surface area contributed by atoms with Crippen LogP contribution in [0.25, 0.3) is 0 Å². The number of hydrogen-bond donors (Lipinski definition) is 1. The Balaban J connectivity index is 2.57. The molecule has 0 spiro atoms. The van der Waals surface area contributed by atoms with Crippen LogP contribution < -0.4 is 5.73 Å². The summed E-state index contributed by atoms with van der Waals surface area (Å²) in [5.41, 5.74) is 5.53. The first-order chi connectivity index (χ1) is 5.74. The van der Waals surface area contributed by atoms with Crippen molar-refractivity contribution >= 4 is 0 Å². The Bertz CT molecular complexity index is 206. The van der Waals surface area contributed by atoms with Gasteiger partial charge in [0.25, 0.3) is 0 Å². The molecule has 0 aliphatic heterocycles. The molecule has 1 unspecified atom stereocenters. The average molecular weight is 169 g/mol. The third kappa shape index (κ3) is 2.36. The van der Waals surface area contributed by atoms with Crippen LogP contribution in [0.1, 0.15) is 25.7 Å². The van der Waals surface area contributed by atoms with Gasteiger partial charge in [0, 0.05) is 6.54 Å². The first-order valence-corrected chi connectivity index (χ1v) is 4.13. The van der Waals surface area contributed by atoms with Crippen molar-refractivity contribution in [1.82, 2.24) is 0 Å². The minimum absolute atomic E-state index is 0.111. The predicted octanol–water partition coefficient (Wildman–Crippen LogP) is 1.70. The van der Waals surface area contributed by atoms with Crippen molar-refractivity contribution in [2.24, 2.45) is 5.73 Å². The molecule has 3 heteroatoms. The van der Waals surface area contributed by atoms with E-state index < -0.39 is 0 Å². The monoisotopic (exact) mass is 169 g/mol. The normalized spacial score (nSPS) is 13.7. The van der Waals surface area contributed by atoms with Crippen molar-refractivity contribution in [2.45, 2.75) is 26.1 Å². The summed E-state index contributed by atoms with van der Waals surface area (Å²) in [6.45, 7) is 4.41. The minimum atomic E-state index is -0.111. The van der Waals surface area contributed by atoms with E-state index in [1.807, 2.05) is 26.0 Å². The lowest BCUT2D eigenvalue weighted by molar-refractivity contribution is 0.0000751. The molecule has 1 rings (SSSR count). The highest BCUT2D eigenvalue weighted by atomic mass is 16.5. The van der Waals surface area contributed by atoms with Crippen molar-refractivity contribution < 1.29 is 9.15 Å². The van der Waals surface area contributed by atoms with E-state index in [9.17, 15) is 0 Å². The molecule has 1 atom stereocenters. The standard InChI is InChI=1S/C9H15NO2/c1-7(2)12-9(6-10)8-4-3-5-11-8/h3-5,7,9H,6,10H2,1-2H3. The number of furan rings is 1. The smallest absolute Gasteiger partial charge is 0.133 e. The van der Waals surface area contributed by atoms with Gasteiger partial charge in [0.1, 0.15) is 11.9 Å². The predicted molar refractivity (Wildman–Crippen MR) is 46.7 cm³/mol. The molecule has 1 heterocycles. The van der Waals surface area contributed by atoms with E-state index in [0.717, 1.165) is 5.76 Å². The van der Waals surface area contributed by atoms with Gasteiger partial charge >= 0.3 is 0 Å². The summed E-state index contributed by atoms with van der Waals surface area (Å²) in [6.07, 6.45) is 1.69. The molecule has 0 saturated carbocycles. The third-order valence-electron chi connectivity index (χ3n) is 1.51. The van der Waals surface area contributed by atoms with Crippen LogP contribution in [-0.2, 0) is 4.74 Å². The van der Waals surface area contributed by atoms with Crippen molar-refractivity contribution in [1.29, 1.82) is 0 Å². The van der Waals surface area contributed by atoms with E-state index in [2.05, 4.69) is 0 Å². The van der Waals surface area contributed by atoms with Crippen LogP contribution in [0, 0.1) is 0 Å². The van der Waals surface area contributed by atoms with Crippen LogP contribution in [0.15, 0.2) is 22.8 Å². The van der Waals surface area contributed by atoms with Crippen LogP contribution in [-0.4, -0.2) is 12.6 Å². The molecule has 2 N–H and O–H groups in total. The maximum atomic E-state index is 5.53. The summed E-state index contributed by atoms with van der Waals surface area (Å²) in [6, 6.07) is 3.71. The number of hydrogen-bond acceptors (Lipinski definition) is 3. The first kappa shape index (κ1) is 9.29. The zero-order valence-electron chi connectivity index (χ0n) is 7.49. The van der Waals surface area contributed by atoms with Crippen molar-refractivity contribution in [3.05, 3.63) is 24.2 Å². The second-order valence-corrected chi connectivity index (χ2v) is 2.92. The molecule has 3 nitrogen and oxygen atoms in total. The van der Waals surface area contributed by atoms with E-state index in [1.54, 1.807) is 6.26 Å². The molecule has 0 radical (unpaired) electrons. The van der Waals surface area contributed by atoms with E-state index >= 15 is 0 Å². The van der Waals surface area contributed by atoms with Gasteiger partial charge in [-0.2, -0.15) is 0 Å². The van der Waals surface area contributed by atoms with Gasteiger partial charge < -0.3 is 14.9 Å². The molecule has 1 aromatic rings. The van der Waals surface area contributed by atoms with Crippen LogP contribution in [0.4, 0.5) is 0 Å². The Morgan fingerprint density at radius 2 is 2.33 bits per heavy atom.